The van der Waals surface area contributed by atoms with E-state index in [0.717, 1.165) is 13.8 Å². The number of carboxylic acids is 1. The number of nitrogens with one attached hydrogen (secondary N) is 1. The number of carboxylic acid groups (broad SMARTS) is 1. The first-order valence-corrected chi connectivity index (χ1v) is 7.06. The summed E-state index contributed by atoms with van der Waals surface area (Å²) in [4.78, 5) is 33.4. The van der Waals surface area contributed by atoms with Crippen LogP contribution in [0.25, 0.3) is 0 Å². The lowest BCUT2D eigenvalue weighted by atomic mass is 9.88. The van der Waals surface area contributed by atoms with Crippen LogP contribution in [0.15, 0.2) is 0 Å². The fraction of sp³-hybridized carbons (Fsp3) is 0.769. The molecule has 11 heteroatoms. The van der Waals surface area contributed by atoms with Crippen molar-refractivity contribution in [2.45, 2.75) is 56.5 Å². The number of rotatable bonds is 6. The molecular formula is C13H21NO10. The molecule has 1 aliphatic heterocycles. The van der Waals surface area contributed by atoms with Crippen LogP contribution >= 0.6 is 0 Å². The summed E-state index contributed by atoms with van der Waals surface area (Å²) in [7, 11) is 0. The van der Waals surface area contributed by atoms with E-state index in [0.29, 0.717) is 0 Å². The van der Waals surface area contributed by atoms with E-state index in [1.54, 1.807) is 0 Å². The van der Waals surface area contributed by atoms with Crippen LogP contribution in [0, 0.1) is 0 Å². The highest BCUT2D eigenvalue weighted by molar-refractivity contribution is 5.76. The predicted octanol–water partition coefficient (Wildman–Crippen LogP) is -3.30. The molecule has 1 rings (SSSR count). The number of hydrogen-bond acceptors (Lipinski definition) is 9. The van der Waals surface area contributed by atoms with Crippen LogP contribution in [0.4, 0.5) is 0 Å². The van der Waals surface area contributed by atoms with Crippen molar-refractivity contribution in [3.63, 3.8) is 0 Å². The Morgan fingerprint density at radius 1 is 1.38 bits per heavy atom. The van der Waals surface area contributed by atoms with Crippen LogP contribution in [0.2, 0.25) is 0 Å². The van der Waals surface area contributed by atoms with E-state index in [9.17, 15) is 34.8 Å². The largest absolute Gasteiger partial charge is 0.477 e. The van der Waals surface area contributed by atoms with Gasteiger partial charge in [0.1, 0.15) is 12.2 Å². The van der Waals surface area contributed by atoms with Crippen molar-refractivity contribution in [2.75, 3.05) is 6.61 Å². The van der Waals surface area contributed by atoms with Gasteiger partial charge in [-0.2, -0.15) is 0 Å². The van der Waals surface area contributed by atoms with Crippen molar-refractivity contribution in [3.05, 3.63) is 0 Å². The van der Waals surface area contributed by atoms with Gasteiger partial charge in [-0.1, -0.05) is 0 Å². The number of aliphatic carboxylic acids is 1. The summed E-state index contributed by atoms with van der Waals surface area (Å²) in [5.74, 6) is -6.09. The molecule has 1 amide bonds. The molecular weight excluding hydrogens is 330 g/mol. The predicted molar refractivity (Wildman–Crippen MR) is 74.3 cm³/mol. The topological polar surface area (TPSA) is 183 Å². The van der Waals surface area contributed by atoms with Gasteiger partial charge in [-0.15, -0.1) is 0 Å². The van der Waals surface area contributed by atoms with E-state index < -0.39 is 67.1 Å². The fourth-order valence-electron chi connectivity index (χ4n) is 2.45. The number of amides is 1. The number of ether oxygens (including phenoxy) is 2. The summed E-state index contributed by atoms with van der Waals surface area (Å²) in [6.45, 7) is 1.30. The molecule has 0 unspecified atom stereocenters. The monoisotopic (exact) mass is 351 g/mol. The SMILES string of the molecule is CC(=O)N[C@H]1[C@H]([C@H](O)[C@@H](CO)OC(C)=O)O[C@](O)(C(=O)O)C[C@@H]1O. The van der Waals surface area contributed by atoms with E-state index >= 15 is 0 Å². The quantitative estimate of drug-likeness (QED) is 0.265. The first-order chi connectivity index (χ1) is 11.0. The summed E-state index contributed by atoms with van der Waals surface area (Å²) in [6.07, 6.45) is -7.38. The fourth-order valence-corrected chi connectivity index (χ4v) is 2.45. The zero-order valence-electron chi connectivity index (χ0n) is 13.1. The lowest BCUT2D eigenvalue weighted by Gasteiger charge is -2.44. The van der Waals surface area contributed by atoms with E-state index in [-0.39, 0.29) is 0 Å². The molecule has 0 spiro atoms. The molecule has 0 saturated carbocycles. The number of aliphatic hydroxyl groups excluding tert-OH is 3. The Bertz CT molecular complexity index is 497. The molecule has 11 nitrogen and oxygen atoms in total. The Kier molecular flexibility index (Phi) is 6.63. The average Bonchev–Trinajstić information content (AvgIpc) is 2.46. The van der Waals surface area contributed by atoms with E-state index in [1.165, 1.54) is 0 Å². The van der Waals surface area contributed by atoms with Gasteiger partial charge in [0.25, 0.3) is 5.79 Å². The summed E-state index contributed by atoms with van der Waals surface area (Å²) in [6, 6.07) is -1.30. The van der Waals surface area contributed by atoms with Crippen LogP contribution in [-0.4, -0.2) is 86.2 Å². The van der Waals surface area contributed by atoms with Crippen molar-refractivity contribution in [1.29, 1.82) is 0 Å². The van der Waals surface area contributed by atoms with Crippen LogP contribution in [0.3, 0.4) is 0 Å². The maximum Gasteiger partial charge on any atom is 0.364 e. The van der Waals surface area contributed by atoms with Crippen molar-refractivity contribution in [1.82, 2.24) is 5.32 Å². The average molecular weight is 351 g/mol. The number of hydrogen-bond donors (Lipinski definition) is 6. The normalized spacial score (nSPS) is 32.5. The molecule has 1 heterocycles. The molecule has 1 saturated heterocycles. The summed E-state index contributed by atoms with van der Waals surface area (Å²) in [5.41, 5.74) is 0. The smallest absolute Gasteiger partial charge is 0.364 e. The van der Waals surface area contributed by atoms with Crippen molar-refractivity contribution >= 4 is 17.8 Å². The molecule has 0 radical (unpaired) electrons. The Labute approximate surface area is 136 Å². The minimum atomic E-state index is -2.82. The highest BCUT2D eigenvalue weighted by Crippen LogP contribution is 2.30. The first-order valence-electron chi connectivity index (χ1n) is 7.06. The zero-order valence-corrected chi connectivity index (χ0v) is 13.1. The molecule has 138 valence electrons. The summed E-state index contributed by atoms with van der Waals surface area (Å²) >= 11 is 0. The van der Waals surface area contributed by atoms with Crippen molar-refractivity contribution in [3.8, 4) is 0 Å². The summed E-state index contributed by atoms with van der Waals surface area (Å²) < 4.78 is 9.66. The Morgan fingerprint density at radius 3 is 2.38 bits per heavy atom. The van der Waals surface area contributed by atoms with Crippen LogP contribution in [-0.2, 0) is 23.9 Å². The third-order valence-electron chi connectivity index (χ3n) is 3.50. The number of esters is 1. The van der Waals surface area contributed by atoms with Crippen molar-refractivity contribution < 1.29 is 49.4 Å². The van der Waals surface area contributed by atoms with Crippen LogP contribution < -0.4 is 5.32 Å². The van der Waals surface area contributed by atoms with Gasteiger partial charge in [0.15, 0.2) is 6.10 Å². The van der Waals surface area contributed by atoms with Crippen molar-refractivity contribution in [2.24, 2.45) is 0 Å². The third-order valence-corrected chi connectivity index (χ3v) is 3.50. The van der Waals surface area contributed by atoms with Crippen LogP contribution in [0.1, 0.15) is 20.3 Å². The molecule has 0 aromatic carbocycles. The number of aliphatic hydroxyl groups is 4. The minimum Gasteiger partial charge on any atom is -0.477 e. The maximum atomic E-state index is 11.3. The van der Waals surface area contributed by atoms with Gasteiger partial charge >= 0.3 is 11.9 Å². The number of carbonyl (C=O) groups excluding carboxylic acids is 2. The lowest BCUT2D eigenvalue weighted by Crippen LogP contribution is -2.67. The first kappa shape index (κ1) is 20.3. The second-order valence-corrected chi connectivity index (χ2v) is 5.49. The molecule has 0 bridgehead atoms. The molecule has 0 aliphatic carbocycles. The molecule has 6 N–H and O–H groups in total. The van der Waals surface area contributed by atoms with Gasteiger partial charge in [0.05, 0.1) is 18.8 Å². The van der Waals surface area contributed by atoms with Gasteiger partial charge in [0.2, 0.25) is 5.91 Å². The van der Waals surface area contributed by atoms with Gasteiger partial charge in [0, 0.05) is 20.3 Å². The Balaban J connectivity index is 3.14. The Hall–Kier alpha value is -1.79. The third kappa shape index (κ3) is 4.61. The van der Waals surface area contributed by atoms with Crippen LogP contribution in [0.5, 0.6) is 0 Å². The molecule has 24 heavy (non-hydrogen) atoms. The van der Waals surface area contributed by atoms with Gasteiger partial charge in [-0.25, -0.2) is 4.79 Å². The van der Waals surface area contributed by atoms with Gasteiger partial charge in [-0.3, -0.25) is 9.59 Å². The molecule has 0 aromatic rings. The highest BCUT2D eigenvalue weighted by Gasteiger charge is 2.54. The maximum absolute atomic E-state index is 11.3. The molecule has 1 fully saturated rings. The van der Waals surface area contributed by atoms with E-state index in [2.05, 4.69) is 10.1 Å². The zero-order chi connectivity index (χ0) is 18.7. The second kappa shape index (κ2) is 7.85. The molecule has 6 atom stereocenters. The minimum absolute atomic E-state index is 0.617. The molecule has 1 aliphatic rings. The molecule has 0 aromatic heterocycles. The standard InChI is InChI=1S/C13H21NO10/c1-5(16)14-9-7(18)3-13(22,12(20)21)24-11(9)10(19)8(4-15)23-6(2)17/h7-11,15,18-19,22H,3-4H2,1-2H3,(H,14,16)(H,20,21)/t7-,8+,9+,10+,11+,13-/m0/s1. The lowest BCUT2D eigenvalue weighted by molar-refractivity contribution is -0.295. The number of carbonyl (C=O) groups is 3. The summed E-state index contributed by atoms with van der Waals surface area (Å²) in [5, 5.41) is 50.8. The van der Waals surface area contributed by atoms with Gasteiger partial charge in [-0.05, 0) is 0 Å². The second-order valence-electron chi connectivity index (χ2n) is 5.49. The highest BCUT2D eigenvalue weighted by atomic mass is 16.7. The van der Waals surface area contributed by atoms with E-state index in [4.69, 9.17) is 9.84 Å². The van der Waals surface area contributed by atoms with E-state index in [1.807, 2.05) is 0 Å². The Morgan fingerprint density at radius 2 is 1.96 bits per heavy atom. The van der Waals surface area contributed by atoms with Gasteiger partial charge < -0.3 is 40.3 Å².